The van der Waals surface area contributed by atoms with E-state index in [4.69, 9.17) is 11.6 Å². The Morgan fingerprint density at radius 2 is 2.30 bits per heavy atom. The van der Waals surface area contributed by atoms with E-state index in [1.54, 1.807) is 12.1 Å². The molecule has 1 aliphatic rings. The van der Waals surface area contributed by atoms with Crippen LogP contribution in [0.25, 0.3) is 0 Å². The third kappa shape index (κ3) is 4.04. The first kappa shape index (κ1) is 16.3. The summed E-state index contributed by atoms with van der Waals surface area (Å²) < 4.78 is 0. The lowest BCUT2D eigenvalue weighted by atomic mass is 10.2. The van der Waals surface area contributed by atoms with Gasteiger partial charge in [0, 0.05) is 27.4 Å². The maximum atomic E-state index is 12.1. The zero-order valence-electron chi connectivity index (χ0n) is 12.3. The normalized spacial score (nSPS) is 16.6. The van der Waals surface area contributed by atoms with E-state index in [0.717, 1.165) is 15.6 Å². The Morgan fingerprint density at radius 3 is 3.04 bits per heavy atom. The second kappa shape index (κ2) is 6.90. The van der Waals surface area contributed by atoms with Gasteiger partial charge in [0.2, 0.25) is 11.8 Å². The lowest BCUT2D eigenvalue weighted by molar-refractivity contribution is -0.124. The van der Waals surface area contributed by atoms with Crippen molar-refractivity contribution in [2.45, 2.75) is 30.0 Å². The Balaban J connectivity index is 1.58. The molecule has 1 aliphatic heterocycles. The van der Waals surface area contributed by atoms with Crippen LogP contribution in [0.3, 0.4) is 0 Å². The Labute approximate surface area is 146 Å². The van der Waals surface area contributed by atoms with Crippen molar-refractivity contribution in [2.75, 3.05) is 5.32 Å². The number of nitrogens with one attached hydrogen (secondary N) is 2. The van der Waals surface area contributed by atoms with Crippen molar-refractivity contribution in [1.82, 2.24) is 10.3 Å². The fourth-order valence-electron chi connectivity index (χ4n) is 2.16. The molecule has 0 aliphatic carbocycles. The number of hydrogen-bond donors (Lipinski definition) is 2. The van der Waals surface area contributed by atoms with Crippen molar-refractivity contribution in [3.8, 4) is 0 Å². The van der Waals surface area contributed by atoms with Crippen LogP contribution in [0.2, 0.25) is 5.02 Å². The number of thiazole rings is 1. The molecule has 2 amide bonds. The first-order valence-electron chi connectivity index (χ1n) is 6.96. The Morgan fingerprint density at radius 1 is 1.48 bits per heavy atom. The molecule has 2 N–H and O–H groups in total. The van der Waals surface area contributed by atoms with Crippen LogP contribution < -0.4 is 10.6 Å². The van der Waals surface area contributed by atoms with Crippen LogP contribution in [0.4, 0.5) is 5.69 Å². The van der Waals surface area contributed by atoms with E-state index in [9.17, 15) is 9.59 Å². The van der Waals surface area contributed by atoms with Gasteiger partial charge in [-0.15, -0.1) is 23.1 Å². The number of aromatic nitrogens is 1. The van der Waals surface area contributed by atoms with Crippen LogP contribution in [0.1, 0.15) is 17.1 Å². The molecule has 0 bridgehead atoms. The minimum absolute atomic E-state index is 0.128. The minimum Gasteiger partial charge on any atom is -0.350 e. The Bertz CT molecular complexity index is 763. The van der Waals surface area contributed by atoms with Crippen LogP contribution >= 0.6 is 34.7 Å². The van der Waals surface area contributed by atoms with Crippen molar-refractivity contribution in [3.05, 3.63) is 39.3 Å². The zero-order valence-corrected chi connectivity index (χ0v) is 14.6. The van der Waals surface area contributed by atoms with Crippen LogP contribution in [0.15, 0.2) is 28.5 Å². The number of rotatable bonds is 4. The molecule has 3 rings (SSSR count). The van der Waals surface area contributed by atoms with Crippen molar-refractivity contribution >= 4 is 52.2 Å². The third-order valence-electron chi connectivity index (χ3n) is 3.24. The summed E-state index contributed by atoms with van der Waals surface area (Å²) in [5.41, 5.74) is 1.64. The van der Waals surface area contributed by atoms with E-state index >= 15 is 0 Å². The molecule has 120 valence electrons. The average Bonchev–Trinajstić information content (AvgIpc) is 2.92. The van der Waals surface area contributed by atoms with Crippen molar-refractivity contribution in [3.63, 3.8) is 0 Å². The molecule has 0 saturated heterocycles. The molecule has 0 spiro atoms. The molecule has 0 saturated carbocycles. The van der Waals surface area contributed by atoms with Crippen LogP contribution in [-0.4, -0.2) is 22.0 Å². The summed E-state index contributed by atoms with van der Waals surface area (Å²) in [4.78, 5) is 29.4. The highest BCUT2D eigenvalue weighted by atomic mass is 35.5. The number of anilines is 1. The molecule has 23 heavy (non-hydrogen) atoms. The second-order valence-corrected chi connectivity index (χ2v) is 7.72. The number of nitrogens with zero attached hydrogens (tertiary/aromatic N) is 1. The largest absolute Gasteiger partial charge is 0.350 e. The molecule has 0 radical (unpaired) electrons. The van der Waals surface area contributed by atoms with E-state index < -0.39 is 5.25 Å². The van der Waals surface area contributed by atoms with Crippen LogP contribution in [-0.2, 0) is 16.1 Å². The van der Waals surface area contributed by atoms with Gasteiger partial charge in [0.15, 0.2) is 0 Å². The summed E-state index contributed by atoms with van der Waals surface area (Å²) in [5.74, 6) is -0.340. The number of hydrogen-bond acceptors (Lipinski definition) is 5. The smallest absolute Gasteiger partial charge is 0.238 e. The topological polar surface area (TPSA) is 71.1 Å². The van der Waals surface area contributed by atoms with Gasteiger partial charge >= 0.3 is 0 Å². The molecule has 1 aromatic heterocycles. The first-order valence-corrected chi connectivity index (χ1v) is 9.10. The second-order valence-electron chi connectivity index (χ2n) is 5.10. The number of carbonyl (C=O) groups is 2. The van der Waals surface area contributed by atoms with Gasteiger partial charge in [0.05, 0.1) is 17.5 Å². The lowest BCUT2D eigenvalue weighted by Crippen LogP contribution is -2.34. The predicted octanol–water partition coefficient (Wildman–Crippen LogP) is 3.22. The number of benzene rings is 1. The lowest BCUT2D eigenvalue weighted by Gasteiger charge is -2.23. The number of halogens is 1. The molecule has 5 nitrogen and oxygen atoms in total. The summed E-state index contributed by atoms with van der Waals surface area (Å²) in [7, 11) is 0. The fraction of sp³-hybridized carbons (Fsp3) is 0.267. The van der Waals surface area contributed by atoms with Crippen molar-refractivity contribution < 1.29 is 9.59 Å². The molecule has 8 heteroatoms. The van der Waals surface area contributed by atoms with E-state index in [1.807, 2.05) is 18.4 Å². The van der Waals surface area contributed by atoms with Gasteiger partial charge in [-0.25, -0.2) is 4.98 Å². The van der Waals surface area contributed by atoms with Gasteiger partial charge in [-0.2, -0.15) is 0 Å². The molecule has 2 heterocycles. The van der Waals surface area contributed by atoms with Gasteiger partial charge in [0.1, 0.15) is 5.01 Å². The first-order chi connectivity index (χ1) is 11.0. The van der Waals surface area contributed by atoms with Gasteiger partial charge in [-0.1, -0.05) is 11.6 Å². The highest BCUT2D eigenvalue weighted by Crippen LogP contribution is 2.38. The van der Waals surface area contributed by atoms with Crippen LogP contribution in [0.5, 0.6) is 0 Å². The molecule has 1 atom stereocenters. The molecule has 0 fully saturated rings. The maximum Gasteiger partial charge on any atom is 0.238 e. The van der Waals surface area contributed by atoms with Crippen molar-refractivity contribution in [1.29, 1.82) is 0 Å². The third-order valence-corrected chi connectivity index (χ3v) is 5.71. The number of thioether (sulfide) groups is 1. The summed E-state index contributed by atoms with van der Waals surface area (Å²) >= 11 is 8.81. The quantitative estimate of drug-likeness (QED) is 0.870. The summed E-state index contributed by atoms with van der Waals surface area (Å²) in [6.07, 6.45) is 0.128. The molecular formula is C15H14ClN3O2S2. The standard InChI is InChI=1S/C15H14ClN3O2S2/c1-8-7-22-14(18-8)6-17-13(20)5-12-15(21)19-10-4-9(16)2-3-11(10)23-12/h2-4,7,12H,5-6H2,1H3,(H,17,20)(H,19,21). The minimum atomic E-state index is -0.443. The number of amides is 2. The van der Waals surface area contributed by atoms with E-state index in [-0.39, 0.29) is 18.2 Å². The molecule has 1 unspecified atom stereocenters. The van der Waals surface area contributed by atoms with Gasteiger partial charge in [-0.05, 0) is 25.1 Å². The summed E-state index contributed by atoms with van der Waals surface area (Å²) in [6, 6.07) is 5.33. The number of fused-ring (bicyclic) bond motifs is 1. The fourth-order valence-corrected chi connectivity index (χ4v) is 4.13. The Kier molecular flexibility index (Phi) is 4.89. The summed E-state index contributed by atoms with van der Waals surface area (Å²) in [5, 5.41) is 8.53. The predicted molar refractivity (Wildman–Crippen MR) is 93.0 cm³/mol. The monoisotopic (exact) mass is 367 g/mol. The van der Waals surface area contributed by atoms with E-state index in [2.05, 4.69) is 15.6 Å². The molecule has 2 aromatic rings. The summed E-state index contributed by atoms with van der Waals surface area (Å²) in [6.45, 7) is 2.30. The van der Waals surface area contributed by atoms with Crippen LogP contribution in [0, 0.1) is 6.92 Å². The van der Waals surface area contributed by atoms with Crippen molar-refractivity contribution in [2.24, 2.45) is 0 Å². The van der Waals surface area contributed by atoms with Gasteiger partial charge in [0.25, 0.3) is 0 Å². The van der Waals surface area contributed by atoms with Gasteiger partial charge < -0.3 is 10.6 Å². The van der Waals surface area contributed by atoms with E-state index in [1.165, 1.54) is 23.1 Å². The SMILES string of the molecule is Cc1csc(CNC(=O)CC2Sc3ccc(Cl)cc3NC2=O)n1. The van der Waals surface area contributed by atoms with E-state index in [0.29, 0.717) is 17.3 Å². The maximum absolute atomic E-state index is 12.1. The average molecular weight is 368 g/mol. The highest BCUT2D eigenvalue weighted by molar-refractivity contribution is 8.01. The highest BCUT2D eigenvalue weighted by Gasteiger charge is 2.29. The molecule has 1 aromatic carbocycles. The number of aryl methyl sites for hydroxylation is 1. The van der Waals surface area contributed by atoms with Gasteiger partial charge in [-0.3, -0.25) is 9.59 Å². The molecular weight excluding hydrogens is 354 g/mol. The Hall–Kier alpha value is -1.57. The number of carbonyl (C=O) groups excluding carboxylic acids is 2. The zero-order chi connectivity index (χ0) is 16.4.